The van der Waals surface area contributed by atoms with E-state index in [4.69, 9.17) is 0 Å². The first-order chi connectivity index (χ1) is 38.9. The Balaban J connectivity index is 0.918. The van der Waals surface area contributed by atoms with Crippen molar-refractivity contribution >= 4 is 38.9 Å². The van der Waals surface area contributed by atoms with E-state index >= 15 is 0 Å². The van der Waals surface area contributed by atoms with Gasteiger partial charge in [-0.25, -0.2) is 0 Å². The maximum Gasteiger partial charge on any atom is 0.0500 e. The summed E-state index contributed by atoms with van der Waals surface area (Å²) in [6, 6.07) is 59.7. The molecule has 1 fully saturated rings. The number of benzene rings is 7. The van der Waals surface area contributed by atoms with Crippen molar-refractivity contribution in [2.24, 2.45) is 5.92 Å². The minimum atomic E-state index is 0.0577. The first kappa shape index (κ1) is 56.4. The predicted molar refractivity (Wildman–Crippen MR) is 345 cm³/mol. The van der Waals surface area contributed by atoms with Crippen molar-refractivity contribution in [3.05, 3.63) is 174 Å². The van der Waals surface area contributed by atoms with Gasteiger partial charge in [0.1, 0.15) is 0 Å². The molecule has 0 amide bonds. The molecule has 7 aromatic carbocycles. The maximum absolute atomic E-state index is 2.73. The lowest BCUT2D eigenvalue weighted by atomic mass is 9.70. The molecule has 0 bridgehead atoms. The molecule has 0 N–H and O–H groups in total. The lowest BCUT2D eigenvalue weighted by Crippen LogP contribution is -2.25. The minimum Gasteiger partial charge on any atom is -0.337 e. The summed E-state index contributed by atoms with van der Waals surface area (Å²) >= 11 is 0. The largest absolute Gasteiger partial charge is 0.337 e. The molecule has 2 aliphatic carbocycles. The third-order valence-electron chi connectivity index (χ3n) is 19.0. The maximum atomic E-state index is 2.73. The van der Waals surface area contributed by atoms with E-state index in [1.807, 2.05) is 0 Å². The summed E-state index contributed by atoms with van der Waals surface area (Å²) in [5.41, 5.74) is 20.3. The van der Waals surface area contributed by atoms with E-state index in [0.29, 0.717) is 6.04 Å². The molecule has 8 aromatic rings. The standard InChI is InChI=1S/C77H96N2/c1-6-9-12-15-17-19-21-26-53-77(54-27-22-20-18-16-13-10-7-2)73-55-59(5)33-50-69(73)70-51-40-63(56-74(70)77)61-36-46-66(47-37-61)78(65-42-31-58(4)32-43-65)67-48-38-62(39-49-67)64-41-52-72-71-29-24-25-30-75(71)79(76(72)57-64)68-44-34-60(35-45-68)28-23-14-11-8-3/h24-25,29-33,36-43,46-52,55-57,60,68H,6-23,26-28,34-35,44-45,53-54H2,1-5H3. The van der Waals surface area contributed by atoms with Crippen molar-refractivity contribution in [1.29, 1.82) is 0 Å². The van der Waals surface area contributed by atoms with E-state index in [0.717, 1.165) is 5.92 Å². The zero-order valence-corrected chi connectivity index (χ0v) is 49.6. The number of hydrogen-bond acceptors (Lipinski definition) is 1. The van der Waals surface area contributed by atoms with Crippen LogP contribution in [0.4, 0.5) is 17.1 Å². The molecule has 1 saturated carbocycles. The van der Waals surface area contributed by atoms with Crippen molar-refractivity contribution in [3.8, 4) is 33.4 Å². The van der Waals surface area contributed by atoms with Crippen LogP contribution in [0.1, 0.15) is 222 Å². The van der Waals surface area contributed by atoms with Gasteiger partial charge in [0.15, 0.2) is 0 Å². The summed E-state index contributed by atoms with van der Waals surface area (Å²) in [6.45, 7) is 11.5. The van der Waals surface area contributed by atoms with Crippen LogP contribution < -0.4 is 4.90 Å². The zero-order chi connectivity index (χ0) is 54.4. The summed E-state index contributed by atoms with van der Waals surface area (Å²) < 4.78 is 2.73. The Labute approximate surface area is 478 Å². The predicted octanol–water partition coefficient (Wildman–Crippen LogP) is 24.2. The molecule has 1 heterocycles. The van der Waals surface area contributed by atoms with Crippen molar-refractivity contribution in [3.63, 3.8) is 0 Å². The molecule has 10 rings (SSSR count). The fourth-order valence-electron chi connectivity index (χ4n) is 14.4. The molecule has 414 valence electrons. The summed E-state index contributed by atoms with van der Waals surface area (Å²) in [4.78, 5) is 2.44. The van der Waals surface area contributed by atoms with Crippen LogP contribution in [0, 0.1) is 19.8 Å². The highest BCUT2D eigenvalue weighted by atomic mass is 15.1. The molecule has 2 nitrogen and oxygen atoms in total. The van der Waals surface area contributed by atoms with Gasteiger partial charge in [-0.05, 0) is 157 Å². The van der Waals surface area contributed by atoms with Crippen molar-refractivity contribution in [2.45, 2.75) is 219 Å². The number of fused-ring (bicyclic) bond motifs is 6. The summed E-state index contributed by atoms with van der Waals surface area (Å²) in [5, 5.41) is 2.76. The minimum absolute atomic E-state index is 0.0577. The van der Waals surface area contributed by atoms with Gasteiger partial charge in [0.2, 0.25) is 0 Å². The second kappa shape index (κ2) is 27.5. The lowest BCUT2D eigenvalue weighted by molar-refractivity contribution is 0.265. The van der Waals surface area contributed by atoms with Crippen LogP contribution in [-0.2, 0) is 5.41 Å². The number of unbranched alkanes of at least 4 members (excludes halogenated alkanes) is 17. The van der Waals surface area contributed by atoms with E-state index in [2.05, 4.69) is 196 Å². The van der Waals surface area contributed by atoms with E-state index in [1.165, 1.54) is 257 Å². The van der Waals surface area contributed by atoms with Crippen molar-refractivity contribution < 1.29 is 0 Å². The topological polar surface area (TPSA) is 8.17 Å². The molecule has 0 unspecified atom stereocenters. The number of hydrogen-bond donors (Lipinski definition) is 0. The van der Waals surface area contributed by atoms with Crippen LogP contribution in [0.25, 0.3) is 55.2 Å². The lowest BCUT2D eigenvalue weighted by Gasteiger charge is -2.33. The average molecular weight is 1050 g/mol. The molecule has 0 spiro atoms. The third-order valence-corrected chi connectivity index (χ3v) is 19.0. The van der Waals surface area contributed by atoms with Gasteiger partial charge < -0.3 is 9.47 Å². The first-order valence-corrected chi connectivity index (χ1v) is 32.3. The molecule has 2 heteroatoms. The highest BCUT2D eigenvalue weighted by Gasteiger charge is 2.42. The second-order valence-corrected chi connectivity index (χ2v) is 24.7. The van der Waals surface area contributed by atoms with E-state index in [-0.39, 0.29) is 5.41 Å². The summed E-state index contributed by atoms with van der Waals surface area (Å²) in [6.07, 6.45) is 36.4. The number of para-hydroxylation sites is 1. The quantitative estimate of drug-likeness (QED) is 0.0424. The Morgan fingerprint density at radius 1 is 0.392 bits per heavy atom. The van der Waals surface area contributed by atoms with Crippen LogP contribution in [0.2, 0.25) is 0 Å². The van der Waals surface area contributed by atoms with Crippen LogP contribution >= 0.6 is 0 Å². The molecular weight excluding hydrogens is 953 g/mol. The Kier molecular flexibility index (Phi) is 19.7. The molecular formula is C77H96N2. The van der Waals surface area contributed by atoms with Gasteiger partial charge in [-0.2, -0.15) is 0 Å². The van der Waals surface area contributed by atoms with Gasteiger partial charge in [-0.1, -0.05) is 264 Å². The average Bonchev–Trinajstić information content (AvgIpc) is 4.21. The van der Waals surface area contributed by atoms with Gasteiger partial charge in [-0.15, -0.1) is 0 Å². The third kappa shape index (κ3) is 13.2. The van der Waals surface area contributed by atoms with E-state index in [9.17, 15) is 0 Å². The van der Waals surface area contributed by atoms with E-state index < -0.39 is 0 Å². The molecule has 79 heavy (non-hydrogen) atoms. The second-order valence-electron chi connectivity index (χ2n) is 24.7. The Hall–Kier alpha value is -5.86. The van der Waals surface area contributed by atoms with Gasteiger partial charge in [0, 0.05) is 50.3 Å². The normalized spacial score (nSPS) is 15.7. The number of aryl methyl sites for hydroxylation is 2. The SMILES string of the molecule is CCCCCCCCCCC1(CCCCCCCCCC)c2cc(C)ccc2-c2ccc(-c3ccc(N(c4ccc(C)cc4)c4ccc(-c5ccc6c7ccccc7n(C7CCC(CCCCCC)CC7)c6c5)cc4)cc3)cc21. The van der Waals surface area contributed by atoms with Crippen LogP contribution in [0.3, 0.4) is 0 Å². The zero-order valence-electron chi connectivity index (χ0n) is 49.6. The molecule has 1 aromatic heterocycles. The number of nitrogens with zero attached hydrogens (tertiary/aromatic N) is 2. The van der Waals surface area contributed by atoms with Gasteiger partial charge in [0.25, 0.3) is 0 Å². The van der Waals surface area contributed by atoms with Crippen LogP contribution in [0.5, 0.6) is 0 Å². The summed E-state index contributed by atoms with van der Waals surface area (Å²) in [7, 11) is 0. The molecule has 0 saturated heterocycles. The molecule has 0 radical (unpaired) electrons. The Bertz CT molecular complexity index is 3140. The Morgan fingerprint density at radius 3 is 1.42 bits per heavy atom. The summed E-state index contributed by atoms with van der Waals surface area (Å²) in [5.74, 6) is 0.893. The highest BCUT2D eigenvalue weighted by molar-refractivity contribution is 6.09. The van der Waals surface area contributed by atoms with Gasteiger partial charge in [0.05, 0.1) is 0 Å². The molecule has 0 aliphatic heterocycles. The first-order valence-electron chi connectivity index (χ1n) is 32.3. The van der Waals surface area contributed by atoms with Crippen molar-refractivity contribution in [2.75, 3.05) is 4.90 Å². The van der Waals surface area contributed by atoms with Gasteiger partial charge >= 0.3 is 0 Å². The highest BCUT2D eigenvalue weighted by Crippen LogP contribution is 2.55. The molecule has 0 atom stereocenters. The number of aromatic nitrogens is 1. The number of rotatable bonds is 29. The smallest absolute Gasteiger partial charge is 0.0500 e. The van der Waals surface area contributed by atoms with Crippen LogP contribution in [0.15, 0.2) is 152 Å². The molecule has 2 aliphatic rings. The number of anilines is 3. The van der Waals surface area contributed by atoms with E-state index in [1.54, 1.807) is 11.1 Å². The Morgan fingerprint density at radius 2 is 0.835 bits per heavy atom. The van der Waals surface area contributed by atoms with Gasteiger partial charge in [-0.3, -0.25) is 0 Å². The fraction of sp³-hybridized carbons (Fsp3) is 0.455. The van der Waals surface area contributed by atoms with Crippen molar-refractivity contribution in [1.82, 2.24) is 4.57 Å². The fourth-order valence-corrected chi connectivity index (χ4v) is 14.4. The van der Waals surface area contributed by atoms with Crippen LogP contribution in [-0.4, -0.2) is 4.57 Å². The monoisotopic (exact) mass is 1050 g/mol.